The number of halogens is 1. The van der Waals surface area contributed by atoms with Crippen LogP contribution in [0.25, 0.3) is 11.0 Å². The minimum Gasteiger partial charge on any atom is -0.462 e. The van der Waals surface area contributed by atoms with Crippen LogP contribution in [0.5, 0.6) is 5.75 Å². The fraction of sp³-hybridized carbons (Fsp3) is 0.458. The molecular formula is C24H31ClN5O7P. The Morgan fingerprint density at radius 3 is 2.68 bits per heavy atom. The Labute approximate surface area is 225 Å². The van der Waals surface area contributed by atoms with Crippen LogP contribution in [0.15, 0.2) is 48.9 Å². The number of nitrogens with zero attached hydrogens (tertiary/aromatic N) is 3. The molecule has 1 aromatic carbocycles. The maximum atomic E-state index is 13.8. The molecular weight excluding hydrogens is 537 g/mol. The van der Waals surface area contributed by atoms with E-state index in [0.29, 0.717) is 16.9 Å². The van der Waals surface area contributed by atoms with Crippen LogP contribution in [-0.2, 0) is 23.4 Å². The second-order valence-electron chi connectivity index (χ2n) is 9.38. The number of anilines is 1. The Hall–Kier alpha value is -2.73. The molecule has 0 spiro atoms. The van der Waals surface area contributed by atoms with Gasteiger partial charge in [-0.25, -0.2) is 14.5 Å². The van der Waals surface area contributed by atoms with E-state index in [0.717, 1.165) is 0 Å². The molecule has 0 amide bonds. The van der Waals surface area contributed by atoms with Crippen LogP contribution in [0.4, 0.5) is 5.82 Å². The summed E-state index contributed by atoms with van der Waals surface area (Å²) in [6.07, 6.45) is -0.482. The van der Waals surface area contributed by atoms with Crippen LogP contribution >= 0.6 is 19.3 Å². The van der Waals surface area contributed by atoms with Crippen molar-refractivity contribution in [2.45, 2.75) is 63.2 Å². The van der Waals surface area contributed by atoms with Gasteiger partial charge >= 0.3 is 13.7 Å². The van der Waals surface area contributed by atoms with Gasteiger partial charge in [0.1, 0.15) is 46.7 Å². The topological polar surface area (TPSA) is 160 Å². The van der Waals surface area contributed by atoms with E-state index in [9.17, 15) is 14.5 Å². The number of fused-ring (bicyclic) bond motifs is 1. The molecule has 206 valence electrons. The molecule has 12 nitrogen and oxygen atoms in total. The van der Waals surface area contributed by atoms with Gasteiger partial charge in [-0.05, 0) is 45.9 Å². The third-order valence-corrected chi connectivity index (χ3v) is 8.00. The Balaban J connectivity index is 1.54. The van der Waals surface area contributed by atoms with Gasteiger partial charge in [-0.3, -0.25) is 9.32 Å². The van der Waals surface area contributed by atoms with Crippen molar-refractivity contribution < 1.29 is 33.0 Å². The van der Waals surface area contributed by atoms with E-state index < -0.39 is 43.1 Å². The van der Waals surface area contributed by atoms with Gasteiger partial charge in [0, 0.05) is 6.20 Å². The predicted molar refractivity (Wildman–Crippen MR) is 141 cm³/mol. The third kappa shape index (κ3) is 5.96. The Morgan fingerprint density at radius 2 is 2.00 bits per heavy atom. The number of rotatable bonds is 10. The number of hydrogen-bond donors (Lipinski definition) is 3. The van der Waals surface area contributed by atoms with Gasteiger partial charge in [-0.2, -0.15) is 5.09 Å². The van der Waals surface area contributed by atoms with Gasteiger partial charge in [-0.15, -0.1) is 11.6 Å². The highest BCUT2D eigenvalue weighted by atomic mass is 35.5. The standard InChI is InChI=1S/C24H31ClN5O7P/c1-14(2)35-22(32)15(3)29-38(33,37-16-8-6-5-7-9-16)34-12-18-19(31)24(4,25)23(36-18)30-11-10-17-20(26)27-13-28-21(17)30/h5-11,13-15,18-19,23,31H,12H2,1-4H3,(H,29,33)(H2,26,27,28)/t15-,18+,19+,23+,24+,38+/m0/s1. The van der Waals surface area contributed by atoms with Gasteiger partial charge in [0.2, 0.25) is 0 Å². The summed E-state index contributed by atoms with van der Waals surface area (Å²) in [5.74, 6) is -0.0952. The molecule has 2 aromatic heterocycles. The highest BCUT2D eigenvalue weighted by molar-refractivity contribution is 7.52. The summed E-state index contributed by atoms with van der Waals surface area (Å²) in [5, 5.41) is 14.2. The lowest BCUT2D eigenvalue weighted by Gasteiger charge is -2.27. The van der Waals surface area contributed by atoms with Crippen molar-refractivity contribution in [3.05, 3.63) is 48.9 Å². The van der Waals surface area contributed by atoms with Crippen molar-refractivity contribution in [3.8, 4) is 5.75 Å². The number of aromatic nitrogens is 3. The van der Waals surface area contributed by atoms with E-state index >= 15 is 0 Å². The van der Waals surface area contributed by atoms with E-state index in [2.05, 4.69) is 15.1 Å². The van der Waals surface area contributed by atoms with Gasteiger partial charge < -0.3 is 29.4 Å². The molecule has 0 aliphatic carbocycles. The van der Waals surface area contributed by atoms with E-state index in [1.807, 2.05) is 0 Å². The fourth-order valence-corrected chi connectivity index (χ4v) is 5.84. The number of alkyl halides is 1. The molecule has 1 saturated heterocycles. The van der Waals surface area contributed by atoms with Crippen LogP contribution in [0.1, 0.15) is 33.9 Å². The molecule has 4 rings (SSSR count). The first kappa shape index (κ1) is 28.3. The van der Waals surface area contributed by atoms with Gasteiger partial charge in [0.25, 0.3) is 0 Å². The quantitative estimate of drug-likeness (QED) is 0.187. The summed E-state index contributed by atoms with van der Waals surface area (Å²) < 4.78 is 38.0. The Kier molecular flexibility index (Phi) is 8.32. The van der Waals surface area contributed by atoms with Gasteiger partial charge in [0.05, 0.1) is 18.1 Å². The molecule has 6 atom stereocenters. The zero-order valence-corrected chi connectivity index (χ0v) is 23.0. The number of ether oxygens (including phenoxy) is 2. The molecule has 3 aromatic rings. The average Bonchev–Trinajstić information content (AvgIpc) is 3.37. The number of esters is 1. The molecule has 0 bridgehead atoms. The number of nitrogen functional groups attached to an aromatic ring is 1. The van der Waals surface area contributed by atoms with Gasteiger partial charge in [-0.1, -0.05) is 18.2 Å². The molecule has 1 aliphatic heterocycles. The lowest BCUT2D eigenvalue weighted by Crippen LogP contribution is -2.40. The second-order valence-corrected chi connectivity index (χ2v) is 11.9. The van der Waals surface area contributed by atoms with Crippen molar-refractivity contribution in [1.29, 1.82) is 0 Å². The van der Waals surface area contributed by atoms with E-state index in [-0.39, 0.29) is 18.5 Å². The number of hydrogen-bond acceptors (Lipinski definition) is 10. The van der Waals surface area contributed by atoms with Crippen LogP contribution < -0.4 is 15.3 Å². The lowest BCUT2D eigenvalue weighted by atomic mass is 10.0. The summed E-state index contributed by atoms with van der Waals surface area (Å²) in [5.41, 5.74) is 6.42. The summed E-state index contributed by atoms with van der Waals surface area (Å²) >= 11 is 6.76. The minimum absolute atomic E-state index is 0.247. The monoisotopic (exact) mass is 567 g/mol. The highest BCUT2D eigenvalue weighted by Gasteiger charge is 2.54. The zero-order valence-electron chi connectivity index (χ0n) is 21.4. The largest absolute Gasteiger partial charge is 0.462 e. The maximum Gasteiger partial charge on any atom is 0.459 e. The molecule has 0 unspecified atom stereocenters. The van der Waals surface area contributed by atoms with Crippen LogP contribution in [-0.4, -0.2) is 61.4 Å². The molecule has 4 N–H and O–H groups in total. The van der Waals surface area contributed by atoms with Crippen LogP contribution in [0.3, 0.4) is 0 Å². The number of carbonyl (C=O) groups excluding carboxylic acids is 1. The van der Waals surface area contributed by atoms with Crippen LogP contribution in [0.2, 0.25) is 0 Å². The van der Waals surface area contributed by atoms with E-state index in [1.54, 1.807) is 67.9 Å². The second kappa shape index (κ2) is 11.2. The first-order chi connectivity index (χ1) is 17.9. The number of aliphatic hydroxyl groups excluding tert-OH is 1. The molecule has 14 heteroatoms. The maximum absolute atomic E-state index is 13.8. The van der Waals surface area contributed by atoms with E-state index in [4.69, 9.17) is 35.9 Å². The molecule has 1 aliphatic rings. The Morgan fingerprint density at radius 1 is 1.29 bits per heavy atom. The van der Waals surface area contributed by atoms with Gasteiger partial charge in [0.15, 0.2) is 6.23 Å². The van der Waals surface area contributed by atoms with Crippen molar-refractivity contribution in [2.75, 3.05) is 12.3 Å². The zero-order chi connectivity index (χ0) is 27.7. The normalized spacial score (nSPS) is 25.8. The van der Waals surface area contributed by atoms with Crippen molar-refractivity contribution in [2.24, 2.45) is 0 Å². The van der Waals surface area contributed by atoms with E-state index in [1.165, 1.54) is 13.3 Å². The highest BCUT2D eigenvalue weighted by Crippen LogP contribution is 2.48. The van der Waals surface area contributed by atoms with Crippen molar-refractivity contribution in [3.63, 3.8) is 0 Å². The number of nitrogens with two attached hydrogens (primary N) is 1. The summed E-state index contributed by atoms with van der Waals surface area (Å²) in [6.45, 7) is 6.12. The fourth-order valence-electron chi connectivity index (χ4n) is 4.04. The van der Waals surface area contributed by atoms with Crippen LogP contribution in [0, 0.1) is 0 Å². The molecule has 1 fully saturated rings. The number of nitrogens with one attached hydrogen (secondary N) is 1. The minimum atomic E-state index is -4.17. The molecule has 0 saturated carbocycles. The number of para-hydroxylation sites is 1. The van der Waals surface area contributed by atoms with Crippen molar-refractivity contribution in [1.82, 2.24) is 19.6 Å². The average molecular weight is 568 g/mol. The molecule has 0 radical (unpaired) electrons. The first-order valence-corrected chi connectivity index (χ1v) is 13.9. The number of aliphatic hydroxyl groups is 1. The SMILES string of the molecule is CC(C)OC(=O)[C@H](C)N[P@@](=O)(OC[C@H]1O[C@@H](n2ccc3c(N)ncnc32)[C@](C)(Cl)[C@@H]1O)Oc1ccccc1. The third-order valence-electron chi connectivity index (χ3n) is 5.94. The smallest absolute Gasteiger partial charge is 0.459 e. The number of carbonyl (C=O) groups is 1. The van der Waals surface area contributed by atoms with Crippen molar-refractivity contribution >= 4 is 42.2 Å². The lowest BCUT2D eigenvalue weighted by molar-refractivity contribution is -0.149. The number of benzene rings is 1. The first-order valence-electron chi connectivity index (χ1n) is 12.0. The summed E-state index contributed by atoms with van der Waals surface area (Å²) in [7, 11) is -4.17. The summed E-state index contributed by atoms with van der Waals surface area (Å²) in [4.78, 5) is 19.3. The molecule has 3 heterocycles. The summed E-state index contributed by atoms with van der Waals surface area (Å²) in [6, 6.07) is 9.04. The Bertz CT molecular complexity index is 1320. The molecule has 38 heavy (non-hydrogen) atoms. The predicted octanol–water partition coefficient (Wildman–Crippen LogP) is 3.40.